The van der Waals surface area contributed by atoms with Crippen LogP contribution in [0.5, 0.6) is 0 Å². The van der Waals surface area contributed by atoms with Crippen LogP contribution in [0.3, 0.4) is 0 Å². The van der Waals surface area contributed by atoms with Gasteiger partial charge in [-0.1, -0.05) is 70.2 Å². The van der Waals surface area contributed by atoms with E-state index < -0.39 is 0 Å². The molecule has 1 aliphatic carbocycles. The highest BCUT2D eigenvalue weighted by Crippen LogP contribution is 2.29. The molecule has 1 aromatic rings. The lowest BCUT2D eigenvalue weighted by Gasteiger charge is -2.22. The lowest BCUT2D eigenvalue weighted by Crippen LogP contribution is -2.08. The average molecular weight is 230 g/mol. The minimum Gasteiger partial charge on any atom is -0.0620 e. The molecule has 0 bridgehead atoms. The van der Waals surface area contributed by atoms with Crippen molar-refractivity contribution >= 4 is 0 Å². The first kappa shape index (κ1) is 12.7. The first-order valence-electron chi connectivity index (χ1n) is 7.35. The average Bonchev–Trinajstić information content (AvgIpc) is 2.38. The quantitative estimate of drug-likeness (QED) is 0.656. The normalized spacial score (nSPS) is 17.6. The van der Waals surface area contributed by atoms with Crippen molar-refractivity contribution in [1.82, 2.24) is 0 Å². The van der Waals surface area contributed by atoms with Crippen molar-refractivity contribution in [3.05, 3.63) is 35.4 Å². The van der Waals surface area contributed by atoms with Crippen LogP contribution in [0.15, 0.2) is 24.3 Å². The van der Waals surface area contributed by atoms with Crippen molar-refractivity contribution in [1.29, 1.82) is 0 Å². The first-order chi connectivity index (χ1) is 8.27. The molecule has 0 heteroatoms. The molecule has 0 aromatic heterocycles. The zero-order valence-corrected chi connectivity index (χ0v) is 11.4. The van der Waals surface area contributed by atoms with Crippen molar-refractivity contribution in [3.63, 3.8) is 0 Å². The Balaban J connectivity index is 1.93. The van der Waals surface area contributed by atoms with Crippen LogP contribution in [0.4, 0.5) is 0 Å². The van der Waals surface area contributed by atoms with Gasteiger partial charge in [-0.05, 0) is 35.8 Å². The maximum absolute atomic E-state index is 2.33. The molecule has 1 aliphatic rings. The Bertz CT molecular complexity index is 332. The lowest BCUT2D eigenvalue weighted by molar-refractivity contribution is 0.339. The van der Waals surface area contributed by atoms with Gasteiger partial charge in [0.05, 0.1) is 0 Å². The van der Waals surface area contributed by atoms with Gasteiger partial charge >= 0.3 is 0 Å². The van der Waals surface area contributed by atoms with Crippen molar-refractivity contribution in [2.75, 3.05) is 0 Å². The predicted molar refractivity (Wildman–Crippen MR) is 75.4 cm³/mol. The number of hydrogen-bond donors (Lipinski definition) is 0. The molecule has 0 atom stereocenters. The Morgan fingerprint density at radius 1 is 1.06 bits per heavy atom. The van der Waals surface area contributed by atoms with Crippen LogP contribution in [0.1, 0.15) is 69.4 Å². The van der Waals surface area contributed by atoms with E-state index in [9.17, 15) is 0 Å². The Kier molecular flexibility index (Phi) is 4.65. The molecular weight excluding hydrogens is 204 g/mol. The smallest absolute Gasteiger partial charge is 0.0216 e. The largest absolute Gasteiger partial charge is 0.0620 e. The van der Waals surface area contributed by atoms with Gasteiger partial charge in [0.15, 0.2) is 0 Å². The maximum atomic E-state index is 2.33. The molecule has 0 radical (unpaired) electrons. The summed E-state index contributed by atoms with van der Waals surface area (Å²) in [5.41, 5.74) is 3.15. The molecule has 0 spiro atoms. The highest BCUT2D eigenvalue weighted by Gasteiger charge is 2.14. The monoisotopic (exact) mass is 230 g/mol. The summed E-state index contributed by atoms with van der Waals surface area (Å²) in [6.07, 6.45) is 10.1. The summed E-state index contributed by atoms with van der Waals surface area (Å²) in [4.78, 5) is 0. The molecule has 2 rings (SSSR count). The van der Waals surface area contributed by atoms with Gasteiger partial charge < -0.3 is 0 Å². The van der Waals surface area contributed by atoms with Crippen LogP contribution in [0.2, 0.25) is 0 Å². The van der Waals surface area contributed by atoms with Crippen molar-refractivity contribution in [2.24, 2.45) is 5.92 Å². The van der Waals surface area contributed by atoms with E-state index in [4.69, 9.17) is 0 Å². The van der Waals surface area contributed by atoms with Gasteiger partial charge in [-0.15, -0.1) is 0 Å². The van der Waals surface area contributed by atoms with Crippen LogP contribution >= 0.6 is 0 Å². The third-order valence-corrected chi connectivity index (χ3v) is 4.22. The van der Waals surface area contributed by atoms with E-state index in [1.807, 2.05) is 0 Å². The van der Waals surface area contributed by atoms with Gasteiger partial charge in [-0.2, -0.15) is 0 Å². The summed E-state index contributed by atoms with van der Waals surface area (Å²) in [5, 5.41) is 0. The molecule has 0 saturated heterocycles. The second-order valence-electron chi connectivity index (χ2n) is 5.90. The van der Waals surface area contributed by atoms with Crippen molar-refractivity contribution in [3.8, 4) is 0 Å². The molecule has 17 heavy (non-hydrogen) atoms. The lowest BCUT2D eigenvalue weighted by atomic mass is 9.84. The third kappa shape index (κ3) is 3.59. The summed E-state index contributed by atoms with van der Waals surface area (Å²) in [7, 11) is 0. The summed E-state index contributed by atoms with van der Waals surface area (Å²) in [5.74, 6) is 1.67. The van der Waals surface area contributed by atoms with Gasteiger partial charge in [-0.25, -0.2) is 0 Å². The van der Waals surface area contributed by atoms with Crippen molar-refractivity contribution < 1.29 is 0 Å². The van der Waals surface area contributed by atoms with Gasteiger partial charge in [-0.3, -0.25) is 0 Å². The van der Waals surface area contributed by atoms with E-state index in [0.717, 1.165) is 5.92 Å². The molecule has 1 saturated carbocycles. The Labute approximate surface area is 106 Å². The van der Waals surface area contributed by atoms with E-state index in [1.165, 1.54) is 44.9 Å². The molecule has 0 N–H and O–H groups in total. The molecule has 94 valence electrons. The molecule has 0 heterocycles. The standard InChI is InChI=1S/C17H26/c1-14(2)17-11-7-6-10-16(17)13-12-15-8-4-3-5-9-15/h6-7,10-11,14-15H,3-5,8-9,12-13H2,1-2H3. The third-order valence-electron chi connectivity index (χ3n) is 4.22. The highest BCUT2D eigenvalue weighted by atomic mass is 14.2. The molecule has 1 aromatic carbocycles. The van der Waals surface area contributed by atoms with E-state index in [-0.39, 0.29) is 0 Å². The SMILES string of the molecule is CC(C)c1ccccc1CCC1CCCCC1. The summed E-state index contributed by atoms with van der Waals surface area (Å²) in [6.45, 7) is 4.61. The second-order valence-corrected chi connectivity index (χ2v) is 5.90. The molecule has 0 aliphatic heterocycles. The molecular formula is C17H26. The van der Waals surface area contributed by atoms with Crippen LogP contribution in [0.25, 0.3) is 0 Å². The summed E-state index contributed by atoms with van der Waals surface area (Å²) >= 11 is 0. The summed E-state index contributed by atoms with van der Waals surface area (Å²) in [6, 6.07) is 9.01. The van der Waals surface area contributed by atoms with Crippen LogP contribution < -0.4 is 0 Å². The van der Waals surface area contributed by atoms with Crippen molar-refractivity contribution in [2.45, 2.75) is 64.7 Å². The number of rotatable bonds is 4. The van der Waals surface area contributed by atoms with Gasteiger partial charge in [0.1, 0.15) is 0 Å². The number of hydrogen-bond acceptors (Lipinski definition) is 0. The highest BCUT2D eigenvalue weighted by molar-refractivity contribution is 5.29. The fourth-order valence-electron chi connectivity index (χ4n) is 3.16. The van der Waals surface area contributed by atoms with Crippen LogP contribution in [-0.4, -0.2) is 0 Å². The minimum atomic E-state index is 0.664. The fourth-order valence-corrected chi connectivity index (χ4v) is 3.16. The zero-order chi connectivity index (χ0) is 12.1. The molecule has 0 amide bonds. The fraction of sp³-hybridized carbons (Fsp3) is 0.647. The molecule has 1 fully saturated rings. The zero-order valence-electron chi connectivity index (χ0n) is 11.4. The number of benzene rings is 1. The number of aryl methyl sites for hydroxylation is 1. The van der Waals surface area contributed by atoms with E-state index >= 15 is 0 Å². The molecule has 0 unspecified atom stereocenters. The maximum Gasteiger partial charge on any atom is -0.0216 e. The van der Waals surface area contributed by atoms with E-state index in [2.05, 4.69) is 38.1 Å². The summed E-state index contributed by atoms with van der Waals surface area (Å²) < 4.78 is 0. The van der Waals surface area contributed by atoms with Gasteiger partial charge in [0.2, 0.25) is 0 Å². The minimum absolute atomic E-state index is 0.664. The Morgan fingerprint density at radius 3 is 2.47 bits per heavy atom. The topological polar surface area (TPSA) is 0 Å². The Hall–Kier alpha value is -0.780. The van der Waals surface area contributed by atoms with E-state index in [1.54, 1.807) is 11.1 Å². The van der Waals surface area contributed by atoms with Gasteiger partial charge in [0.25, 0.3) is 0 Å². The van der Waals surface area contributed by atoms with Gasteiger partial charge in [0, 0.05) is 0 Å². The molecule has 0 nitrogen and oxygen atoms in total. The van der Waals surface area contributed by atoms with Crippen LogP contribution in [0, 0.1) is 5.92 Å². The predicted octanol–water partition coefficient (Wildman–Crippen LogP) is 5.32. The first-order valence-corrected chi connectivity index (χ1v) is 7.35. The Morgan fingerprint density at radius 2 is 1.76 bits per heavy atom. The second kappa shape index (κ2) is 6.23. The van der Waals surface area contributed by atoms with Crippen LogP contribution in [-0.2, 0) is 6.42 Å². The van der Waals surface area contributed by atoms with E-state index in [0.29, 0.717) is 5.92 Å².